The van der Waals surface area contributed by atoms with Crippen LogP contribution in [0.2, 0.25) is 0 Å². The average molecular weight is 155 g/mol. The number of hydrogen-bond donors (Lipinski definition) is 0. The zero-order valence-electron chi connectivity index (χ0n) is 5.49. The van der Waals surface area contributed by atoms with E-state index in [2.05, 4.69) is 13.8 Å². The van der Waals surface area contributed by atoms with Crippen molar-refractivity contribution in [1.29, 1.82) is 0 Å². The summed E-state index contributed by atoms with van der Waals surface area (Å²) in [6.45, 7) is 6.05. The average Bonchev–Trinajstić information content (AvgIpc) is 1.64. The Hall–Kier alpha value is 0.580. The summed E-state index contributed by atoms with van der Waals surface area (Å²) in [5, 5.41) is 0.188. The van der Waals surface area contributed by atoms with E-state index in [4.69, 9.17) is 23.2 Å². The Bertz CT molecular complexity index is 51.5. The van der Waals surface area contributed by atoms with Gasteiger partial charge < -0.3 is 0 Å². The second-order valence-electron chi connectivity index (χ2n) is 2.37. The largest absolute Gasteiger partial charge is 0.122 e. The number of hydrogen-bond acceptors (Lipinski definition) is 0. The molecule has 0 aliphatic carbocycles. The molecule has 0 saturated carbocycles. The molecule has 2 atom stereocenters. The first-order valence-corrected chi connectivity index (χ1v) is 3.71. The molecule has 0 amide bonds. The lowest BCUT2D eigenvalue weighted by atomic mass is 10.1. The molecule has 0 N–H and O–H groups in total. The Morgan fingerprint density at radius 1 is 1.00 bits per heavy atom. The van der Waals surface area contributed by atoms with Crippen molar-refractivity contribution in [2.24, 2.45) is 5.92 Å². The third-order valence-corrected chi connectivity index (χ3v) is 2.36. The minimum atomic E-state index is 0.0802. The van der Waals surface area contributed by atoms with Crippen molar-refractivity contribution in [1.82, 2.24) is 0 Å². The van der Waals surface area contributed by atoms with Gasteiger partial charge in [-0.15, -0.1) is 23.2 Å². The summed E-state index contributed by atoms with van der Waals surface area (Å²) in [6, 6.07) is 0. The minimum absolute atomic E-state index is 0.0802. The van der Waals surface area contributed by atoms with E-state index in [1.54, 1.807) is 0 Å². The van der Waals surface area contributed by atoms with E-state index in [1.165, 1.54) is 0 Å². The normalized spacial score (nSPS) is 18.8. The van der Waals surface area contributed by atoms with Crippen LogP contribution < -0.4 is 0 Å². The predicted octanol–water partition coefficient (Wildman–Crippen LogP) is 2.88. The van der Waals surface area contributed by atoms with Crippen molar-refractivity contribution in [3.8, 4) is 0 Å². The summed E-state index contributed by atoms with van der Waals surface area (Å²) in [5.74, 6) is 0.476. The molecule has 0 aromatic rings. The summed E-state index contributed by atoms with van der Waals surface area (Å²) in [6.07, 6.45) is 0. The Morgan fingerprint density at radius 3 is 1.38 bits per heavy atom. The molecule has 0 heterocycles. The van der Waals surface area contributed by atoms with E-state index in [1.807, 2.05) is 6.92 Å². The third kappa shape index (κ3) is 2.78. The summed E-state index contributed by atoms with van der Waals surface area (Å²) in [5.41, 5.74) is 0. The van der Waals surface area contributed by atoms with Gasteiger partial charge in [0.25, 0.3) is 0 Å². The van der Waals surface area contributed by atoms with Gasteiger partial charge in [0.2, 0.25) is 0 Å². The topological polar surface area (TPSA) is 0 Å². The van der Waals surface area contributed by atoms with Crippen LogP contribution in [0.5, 0.6) is 0 Å². The SMILES string of the molecule is CC(C)C(Cl)C(C)Cl. The van der Waals surface area contributed by atoms with Crippen LogP contribution in [0, 0.1) is 5.92 Å². The quantitative estimate of drug-likeness (QED) is 0.538. The van der Waals surface area contributed by atoms with Gasteiger partial charge in [0, 0.05) is 5.38 Å². The van der Waals surface area contributed by atoms with Gasteiger partial charge in [0.1, 0.15) is 0 Å². The van der Waals surface area contributed by atoms with E-state index < -0.39 is 0 Å². The standard InChI is InChI=1S/C6H12Cl2/c1-4(2)6(8)5(3)7/h4-6H,1-3H3. The molecule has 0 aromatic heterocycles. The Kier molecular flexibility index (Phi) is 3.84. The molecule has 0 saturated heterocycles. The van der Waals surface area contributed by atoms with Crippen LogP contribution in [-0.4, -0.2) is 10.8 Å². The maximum absolute atomic E-state index is 5.82. The molecule has 2 heteroatoms. The highest BCUT2D eigenvalue weighted by Gasteiger charge is 2.14. The van der Waals surface area contributed by atoms with Gasteiger partial charge in [-0.05, 0) is 12.8 Å². The highest BCUT2D eigenvalue weighted by Crippen LogP contribution is 2.17. The lowest BCUT2D eigenvalue weighted by molar-refractivity contribution is 0.590. The molecular weight excluding hydrogens is 143 g/mol. The summed E-state index contributed by atoms with van der Waals surface area (Å²) >= 11 is 11.5. The third-order valence-electron chi connectivity index (χ3n) is 1.08. The van der Waals surface area contributed by atoms with Crippen molar-refractivity contribution in [3.05, 3.63) is 0 Å². The number of halogens is 2. The van der Waals surface area contributed by atoms with Crippen LogP contribution in [-0.2, 0) is 0 Å². The Labute approximate surface area is 61.2 Å². The molecule has 50 valence electrons. The van der Waals surface area contributed by atoms with Crippen molar-refractivity contribution in [3.63, 3.8) is 0 Å². The zero-order chi connectivity index (χ0) is 6.73. The highest BCUT2D eigenvalue weighted by molar-refractivity contribution is 6.29. The lowest BCUT2D eigenvalue weighted by Crippen LogP contribution is -2.17. The first-order valence-electron chi connectivity index (χ1n) is 2.84. The van der Waals surface area contributed by atoms with Gasteiger partial charge >= 0.3 is 0 Å². The van der Waals surface area contributed by atoms with Crippen LogP contribution in [0.4, 0.5) is 0 Å². The smallest absolute Gasteiger partial charge is 0.0519 e. The first kappa shape index (κ1) is 8.58. The molecule has 0 radical (unpaired) electrons. The molecule has 0 nitrogen and oxygen atoms in total. The lowest BCUT2D eigenvalue weighted by Gasteiger charge is -2.14. The molecule has 8 heavy (non-hydrogen) atoms. The van der Waals surface area contributed by atoms with E-state index in [0.717, 1.165) is 0 Å². The first-order chi connectivity index (χ1) is 3.55. The van der Waals surface area contributed by atoms with Crippen molar-refractivity contribution in [2.45, 2.75) is 31.5 Å². The molecule has 0 spiro atoms. The molecule has 0 bridgehead atoms. The second kappa shape index (κ2) is 3.58. The number of rotatable bonds is 2. The Balaban J connectivity index is 3.46. The van der Waals surface area contributed by atoms with Gasteiger partial charge in [-0.3, -0.25) is 0 Å². The van der Waals surface area contributed by atoms with Gasteiger partial charge in [-0.2, -0.15) is 0 Å². The van der Waals surface area contributed by atoms with Crippen molar-refractivity contribution < 1.29 is 0 Å². The molecule has 2 unspecified atom stereocenters. The molecule has 0 fully saturated rings. The number of alkyl halides is 2. The van der Waals surface area contributed by atoms with Gasteiger partial charge in [0.05, 0.1) is 5.38 Å². The van der Waals surface area contributed by atoms with Gasteiger partial charge in [-0.1, -0.05) is 13.8 Å². The maximum Gasteiger partial charge on any atom is 0.0519 e. The maximum atomic E-state index is 5.82. The predicted molar refractivity (Wildman–Crippen MR) is 39.8 cm³/mol. The van der Waals surface area contributed by atoms with Crippen LogP contribution in [0.1, 0.15) is 20.8 Å². The van der Waals surface area contributed by atoms with Crippen molar-refractivity contribution >= 4 is 23.2 Å². The van der Waals surface area contributed by atoms with Crippen LogP contribution in [0.3, 0.4) is 0 Å². The molecule has 0 aliphatic rings. The molecule has 0 aliphatic heterocycles. The molecule has 0 aromatic carbocycles. The Morgan fingerprint density at radius 2 is 1.38 bits per heavy atom. The molecular formula is C6H12Cl2. The van der Waals surface area contributed by atoms with Crippen LogP contribution >= 0.6 is 23.2 Å². The highest BCUT2D eigenvalue weighted by atomic mass is 35.5. The van der Waals surface area contributed by atoms with Gasteiger partial charge in [-0.25, -0.2) is 0 Å². The summed E-state index contributed by atoms with van der Waals surface area (Å²) < 4.78 is 0. The minimum Gasteiger partial charge on any atom is -0.122 e. The van der Waals surface area contributed by atoms with Crippen LogP contribution in [0.25, 0.3) is 0 Å². The van der Waals surface area contributed by atoms with E-state index >= 15 is 0 Å². The second-order valence-corrected chi connectivity index (χ2v) is 3.56. The summed E-state index contributed by atoms with van der Waals surface area (Å²) in [4.78, 5) is 0. The summed E-state index contributed by atoms with van der Waals surface area (Å²) in [7, 11) is 0. The zero-order valence-corrected chi connectivity index (χ0v) is 7.00. The fourth-order valence-electron chi connectivity index (χ4n) is 0.530. The van der Waals surface area contributed by atoms with Gasteiger partial charge in [0.15, 0.2) is 0 Å². The molecule has 0 rings (SSSR count). The van der Waals surface area contributed by atoms with E-state index in [0.29, 0.717) is 5.92 Å². The fraction of sp³-hybridized carbons (Fsp3) is 1.00. The fourth-order valence-corrected chi connectivity index (χ4v) is 0.821. The monoisotopic (exact) mass is 154 g/mol. The van der Waals surface area contributed by atoms with E-state index in [-0.39, 0.29) is 10.8 Å². The van der Waals surface area contributed by atoms with Crippen LogP contribution in [0.15, 0.2) is 0 Å². The van der Waals surface area contributed by atoms with Crippen molar-refractivity contribution in [2.75, 3.05) is 0 Å². The van der Waals surface area contributed by atoms with E-state index in [9.17, 15) is 0 Å².